The summed E-state index contributed by atoms with van der Waals surface area (Å²) < 4.78 is 0. The van der Waals surface area contributed by atoms with E-state index in [1.165, 1.54) is 6.07 Å². The van der Waals surface area contributed by atoms with Gasteiger partial charge >= 0.3 is 0 Å². The van der Waals surface area contributed by atoms with Crippen molar-refractivity contribution in [2.24, 2.45) is 0 Å². The van der Waals surface area contributed by atoms with Crippen LogP contribution in [0.2, 0.25) is 5.02 Å². The molecular weight excluding hydrogens is 268 g/mol. The molecule has 0 saturated carbocycles. The van der Waals surface area contributed by atoms with Crippen molar-refractivity contribution < 1.29 is 4.92 Å². The van der Waals surface area contributed by atoms with Crippen LogP contribution >= 0.6 is 11.6 Å². The molecule has 1 N–H and O–H groups in total. The Morgan fingerprint density at radius 1 is 1.47 bits per heavy atom. The van der Waals surface area contributed by atoms with Crippen molar-refractivity contribution in [3.8, 4) is 0 Å². The zero-order valence-electron chi connectivity index (χ0n) is 10.1. The average molecular weight is 279 g/mol. The Labute approximate surface area is 114 Å². The average Bonchev–Trinajstić information content (AvgIpc) is 2.40. The van der Waals surface area contributed by atoms with Gasteiger partial charge in [0.05, 0.1) is 17.2 Å². The third-order valence-corrected chi connectivity index (χ3v) is 2.88. The molecule has 1 aromatic heterocycles. The first kappa shape index (κ1) is 13.2. The monoisotopic (exact) mass is 278 g/mol. The Balaban J connectivity index is 2.17. The largest absolute Gasteiger partial charge is 0.379 e. The first-order chi connectivity index (χ1) is 9.08. The summed E-state index contributed by atoms with van der Waals surface area (Å²) >= 11 is 5.87. The van der Waals surface area contributed by atoms with Gasteiger partial charge in [-0.2, -0.15) is 10.2 Å². The van der Waals surface area contributed by atoms with Crippen LogP contribution < -0.4 is 5.32 Å². The molecule has 0 amide bonds. The van der Waals surface area contributed by atoms with Crippen LogP contribution in [0.15, 0.2) is 30.5 Å². The molecule has 0 aliphatic carbocycles. The third kappa shape index (κ3) is 3.17. The maximum atomic E-state index is 10.7. The molecule has 0 fully saturated rings. The number of aryl methyl sites for hydroxylation is 1. The van der Waals surface area contributed by atoms with Crippen molar-refractivity contribution >= 4 is 23.0 Å². The highest BCUT2D eigenvalue weighted by atomic mass is 35.5. The van der Waals surface area contributed by atoms with Crippen molar-refractivity contribution in [3.63, 3.8) is 0 Å². The number of nitrogens with one attached hydrogen (secondary N) is 1. The minimum Gasteiger partial charge on any atom is -0.379 e. The van der Waals surface area contributed by atoms with Crippen LogP contribution in [0.3, 0.4) is 0 Å². The fraction of sp³-hybridized carbons (Fsp3) is 0.167. The van der Waals surface area contributed by atoms with E-state index in [0.29, 0.717) is 6.54 Å². The number of nitrogens with zero attached hydrogens (tertiary/aromatic N) is 3. The van der Waals surface area contributed by atoms with Gasteiger partial charge in [-0.3, -0.25) is 10.1 Å². The molecule has 0 atom stereocenters. The van der Waals surface area contributed by atoms with E-state index in [2.05, 4.69) is 15.5 Å². The van der Waals surface area contributed by atoms with E-state index in [1.54, 1.807) is 25.3 Å². The minimum absolute atomic E-state index is 0.0933. The molecule has 0 radical (unpaired) electrons. The summed E-state index contributed by atoms with van der Waals surface area (Å²) in [6, 6.07) is 6.62. The summed E-state index contributed by atoms with van der Waals surface area (Å²) in [6.07, 6.45) is 1.59. The smallest absolute Gasteiger partial charge is 0.288 e. The van der Waals surface area contributed by atoms with Gasteiger partial charge in [0.1, 0.15) is 5.02 Å². The van der Waals surface area contributed by atoms with Crippen LogP contribution in [-0.4, -0.2) is 15.1 Å². The Morgan fingerprint density at radius 2 is 2.26 bits per heavy atom. The molecule has 0 aliphatic heterocycles. The molecule has 0 bridgehead atoms. The number of halogens is 1. The van der Waals surface area contributed by atoms with Crippen molar-refractivity contribution in [3.05, 3.63) is 56.9 Å². The minimum atomic E-state index is -0.498. The highest BCUT2D eigenvalue weighted by Gasteiger charge is 2.14. The molecule has 98 valence electrons. The van der Waals surface area contributed by atoms with E-state index in [0.717, 1.165) is 16.9 Å². The van der Waals surface area contributed by atoms with Gasteiger partial charge in [0.2, 0.25) is 0 Å². The first-order valence-electron chi connectivity index (χ1n) is 5.53. The normalized spacial score (nSPS) is 10.2. The van der Waals surface area contributed by atoms with Crippen LogP contribution in [0, 0.1) is 17.0 Å². The van der Waals surface area contributed by atoms with Crippen LogP contribution in [0.1, 0.15) is 11.3 Å². The number of nitro benzene ring substituents is 1. The van der Waals surface area contributed by atoms with Gasteiger partial charge in [0.25, 0.3) is 5.69 Å². The molecule has 2 rings (SSSR count). The predicted octanol–water partition coefficient (Wildman–Crippen LogP) is 2.96. The van der Waals surface area contributed by atoms with Crippen molar-refractivity contribution in [1.29, 1.82) is 0 Å². The Hall–Kier alpha value is -2.21. The van der Waals surface area contributed by atoms with Crippen molar-refractivity contribution in [2.75, 3.05) is 5.32 Å². The molecule has 1 heterocycles. The molecule has 19 heavy (non-hydrogen) atoms. The highest BCUT2D eigenvalue weighted by molar-refractivity contribution is 6.33. The van der Waals surface area contributed by atoms with E-state index in [4.69, 9.17) is 11.6 Å². The zero-order valence-corrected chi connectivity index (χ0v) is 10.9. The van der Waals surface area contributed by atoms with Gasteiger partial charge in [-0.1, -0.05) is 11.6 Å². The van der Waals surface area contributed by atoms with Crippen molar-refractivity contribution in [1.82, 2.24) is 10.2 Å². The summed E-state index contributed by atoms with van der Waals surface area (Å²) in [7, 11) is 0. The van der Waals surface area contributed by atoms with E-state index in [1.807, 2.05) is 6.07 Å². The summed E-state index contributed by atoms with van der Waals surface area (Å²) in [5, 5.41) is 21.7. The summed E-state index contributed by atoms with van der Waals surface area (Å²) in [5.74, 6) is 0. The van der Waals surface area contributed by atoms with Gasteiger partial charge in [0.15, 0.2) is 0 Å². The topological polar surface area (TPSA) is 81.0 Å². The maximum Gasteiger partial charge on any atom is 0.288 e. The van der Waals surface area contributed by atoms with Crippen molar-refractivity contribution in [2.45, 2.75) is 13.5 Å². The number of hydrogen-bond acceptors (Lipinski definition) is 5. The number of anilines is 1. The molecular formula is C12H11ClN4O2. The number of rotatable bonds is 4. The lowest BCUT2D eigenvalue weighted by Crippen LogP contribution is -2.04. The molecule has 0 unspecified atom stereocenters. The molecule has 7 heteroatoms. The molecule has 6 nitrogen and oxygen atoms in total. The van der Waals surface area contributed by atoms with E-state index < -0.39 is 4.92 Å². The summed E-state index contributed by atoms with van der Waals surface area (Å²) in [6.45, 7) is 2.26. The molecule has 0 aliphatic rings. The van der Waals surface area contributed by atoms with E-state index >= 15 is 0 Å². The maximum absolute atomic E-state index is 10.7. The third-order valence-electron chi connectivity index (χ3n) is 2.58. The van der Waals surface area contributed by atoms with Gasteiger partial charge in [-0.05, 0) is 30.7 Å². The first-order valence-corrected chi connectivity index (χ1v) is 5.90. The fourth-order valence-corrected chi connectivity index (χ4v) is 1.84. The van der Waals surface area contributed by atoms with Crippen LogP contribution in [0.25, 0.3) is 0 Å². The lowest BCUT2D eigenvalue weighted by molar-refractivity contribution is -0.384. The van der Waals surface area contributed by atoms with Crippen LogP contribution in [-0.2, 0) is 6.54 Å². The van der Waals surface area contributed by atoms with E-state index in [-0.39, 0.29) is 10.7 Å². The number of aromatic nitrogens is 2. The lowest BCUT2D eigenvalue weighted by Gasteiger charge is -2.09. The lowest BCUT2D eigenvalue weighted by atomic mass is 10.1. The summed E-state index contributed by atoms with van der Waals surface area (Å²) in [5.41, 5.74) is 2.17. The summed E-state index contributed by atoms with van der Waals surface area (Å²) in [4.78, 5) is 10.2. The Bertz CT molecular complexity index is 604. The van der Waals surface area contributed by atoms with E-state index in [9.17, 15) is 10.1 Å². The predicted molar refractivity (Wildman–Crippen MR) is 72.2 cm³/mol. The quantitative estimate of drug-likeness (QED) is 0.687. The SMILES string of the molecule is Cc1cc([N+](=O)[O-])c(Cl)cc1NCc1cccnn1. The van der Waals surface area contributed by atoms with Crippen LogP contribution in [0.4, 0.5) is 11.4 Å². The second kappa shape index (κ2) is 5.62. The van der Waals surface area contributed by atoms with Gasteiger partial charge in [-0.15, -0.1) is 0 Å². The second-order valence-corrected chi connectivity index (χ2v) is 4.35. The van der Waals surface area contributed by atoms with Gasteiger partial charge in [0, 0.05) is 18.0 Å². The zero-order chi connectivity index (χ0) is 13.8. The number of hydrogen-bond donors (Lipinski definition) is 1. The van der Waals surface area contributed by atoms with Gasteiger partial charge in [-0.25, -0.2) is 0 Å². The molecule has 0 saturated heterocycles. The number of benzene rings is 1. The number of nitro groups is 1. The molecule has 1 aromatic carbocycles. The Kier molecular flexibility index (Phi) is 3.91. The second-order valence-electron chi connectivity index (χ2n) is 3.94. The van der Waals surface area contributed by atoms with Crippen LogP contribution in [0.5, 0.6) is 0 Å². The highest BCUT2D eigenvalue weighted by Crippen LogP contribution is 2.30. The molecule has 2 aromatic rings. The fourth-order valence-electron chi connectivity index (χ4n) is 1.61. The molecule has 0 spiro atoms. The van der Waals surface area contributed by atoms with Gasteiger partial charge < -0.3 is 5.32 Å². The standard InChI is InChI=1S/C12H11ClN4O2/c1-8-5-12(17(18)19)10(13)6-11(8)14-7-9-3-2-4-15-16-9/h2-6,14H,7H2,1H3. The Morgan fingerprint density at radius 3 is 2.89 bits per heavy atom.